The van der Waals surface area contributed by atoms with Crippen LogP contribution in [0.2, 0.25) is 0 Å². The summed E-state index contributed by atoms with van der Waals surface area (Å²) in [5.41, 5.74) is 2.29. The van der Waals surface area contributed by atoms with Crippen LogP contribution in [0.25, 0.3) is 0 Å². The number of rotatable bonds is 5. The average molecular weight is 493 g/mol. The third kappa shape index (κ3) is 5.15. The lowest BCUT2D eigenvalue weighted by Gasteiger charge is -2.28. The van der Waals surface area contributed by atoms with Gasteiger partial charge in [0.15, 0.2) is 0 Å². The van der Waals surface area contributed by atoms with Gasteiger partial charge in [-0.1, -0.05) is 42.2 Å². The van der Waals surface area contributed by atoms with Crippen LogP contribution in [-0.4, -0.2) is 53.9 Å². The van der Waals surface area contributed by atoms with Crippen LogP contribution < -0.4 is 11.2 Å². The Balaban J connectivity index is 1.58. The first kappa shape index (κ1) is 24.7. The smallest absolute Gasteiger partial charge is 0.300 e. The molecule has 0 bridgehead atoms. The highest BCUT2D eigenvalue weighted by Gasteiger charge is 2.24. The Morgan fingerprint density at radius 2 is 1.69 bits per heavy atom. The normalized spacial score (nSPS) is 13.8. The van der Waals surface area contributed by atoms with Crippen LogP contribution in [0, 0.1) is 11.8 Å². The van der Waals surface area contributed by atoms with Gasteiger partial charge in [0.1, 0.15) is 0 Å². The van der Waals surface area contributed by atoms with Gasteiger partial charge in [0.2, 0.25) is 10.0 Å². The molecular formula is C26H28N4O4S. The predicted molar refractivity (Wildman–Crippen MR) is 135 cm³/mol. The molecule has 8 nitrogen and oxygen atoms in total. The molecule has 0 fully saturated rings. The van der Waals surface area contributed by atoms with Crippen molar-refractivity contribution >= 4 is 10.0 Å². The fourth-order valence-corrected chi connectivity index (χ4v) is 5.03. The van der Waals surface area contributed by atoms with Gasteiger partial charge >= 0.3 is 5.69 Å². The van der Waals surface area contributed by atoms with Crippen molar-refractivity contribution in [2.45, 2.75) is 24.4 Å². The summed E-state index contributed by atoms with van der Waals surface area (Å²) in [5.74, 6) is 6.31. The van der Waals surface area contributed by atoms with Crippen LogP contribution >= 0.6 is 0 Å². The number of aromatic nitrogens is 2. The van der Waals surface area contributed by atoms with E-state index >= 15 is 0 Å². The second-order valence-electron chi connectivity index (χ2n) is 8.72. The van der Waals surface area contributed by atoms with Crippen LogP contribution in [0.15, 0.2) is 69.1 Å². The zero-order valence-electron chi connectivity index (χ0n) is 20.1. The number of nitrogens with zero attached hydrogens (tertiary/aromatic N) is 4. The van der Waals surface area contributed by atoms with E-state index in [1.54, 1.807) is 23.7 Å². The van der Waals surface area contributed by atoms with Crippen molar-refractivity contribution in [1.82, 2.24) is 18.3 Å². The Labute approximate surface area is 205 Å². The van der Waals surface area contributed by atoms with Gasteiger partial charge < -0.3 is 4.57 Å². The van der Waals surface area contributed by atoms with Crippen molar-refractivity contribution in [3.8, 4) is 11.8 Å². The summed E-state index contributed by atoms with van der Waals surface area (Å²) in [5, 5.41) is 0. The van der Waals surface area contributed by atoms with Gasteiger partial charge in [-0.15, -0.1) is 0 Å². The minimum absolute atomic E-state index is 0.0644. The second kappa shape index (κ2) is 10.0. The molecule has 1 aliphatic heterocycles. The van der Waals surface area contributed by atoms with Gasteiger partial charge in [0.05, 0.1) is 23.5 Å². The van der Waals surface area contributed by atoms with Gasteiger partial charge in [0, 0.05) is 51.9 Å². The van der Waals surface area contributed by atoms with E-state index in [-0.39, 0.29) is 22.7 Å². The first-order valence-corrected chi connectivity index (χ1v) is 12.7. The summed E-state index contributed by atoms with van der Waals surface area (Å²) in [4.78, 5) is 28.6. The molecule has 0 saturated carbocycles. The standard InChI is InChI=1S/C26H28N4O4S/c1-27(2)35(33,34)22-13-11-21(12-14-22)18-30-25(31)23-19-29(17-15-24(23)28(3)26(30)32)16-7-10-20-8-5-4-6-9-20/h4-6,8-9,11-14H,15-19H2,1-3H3. The lowest BCUT2D eigenvalue weighted by Crippen LogP contribution is -2.47. The fourth-order valence-electron chi connectivity index (χ4n) is 4.13. The molecular weight excluding hydrogens is 464 g/mol. The van der Waals surface area contributed by atoms with Crippen molar-refractivity contribution < 1.29 is 8.42 Å². The molecule has 35 heavy (non-hydrogen) atoms. The Hall–Kier alpha value is -3.45. The maximum Gasteiger partial charge on any atom is 0.331 e. The van der Waals surface area contributed by atoms with Crippen LogP contribution in [0.4, 0.5) is 0 Å². The third-order valence-electron chi connectivity index (χ3n) is 6.17. The van der Waals surface area contributed by atoms with Crippen molar-refractivity contribution in [3.05, 3.63) is 97.8 Å². The summed E-state index contributed by atoms with van der Waals surface area (Å²) < 4.78 is 28.5. The molecule has 2 aromatic carbocycles. The van der Waals surface area contributed by atoms with Gasteiger partial charge in [-0.25, -0.2) is 17.5 Å². The summed E-state index contributed by atoms with van der Waals surface area (Å²) in [6, 6.07) is 16.0. The van der Waals surface area contributed by atoms with Crippen LogP contribution in [0.3, 0.4) is 0 Å². The molecule has 1 aromatic heterocycles. The summed E-state index contributed by atoms with van der Waals surface area (Å²) in [7, 11) is 1.08. The molecule has 2 heterocycles. The monoisotopic (exact) mass is 492 g/mol. The Kier molecular flexibility index (Phi) is 7.08. The SMILES string of the molecule is CN(C)S(=O)(=O)c1ccc(Cn2c(=O)c3c(n(C)c2=O)CCN(CC#Cc2ccccc2)C3)cc1. The Bertz CT molecular complexity index is 1510. The van der Waals surface area contributed by atoms with Gasteiger partial charge in [-0.3, -0.25) is 14.3 Å². The minimum Gasteiger partial charge on any atom is -0.300 e. The van der Waals surface area contributed by atoms with Crippen molar-refractivity contribution in [3.63, 3.8) is 0 Å². The maximum atomic E-state index is 13.3. The van der Waals surface area contributed by atoms with E-state index in [2.05, 4.69) is 16.7 Å². The van der Waals surface area contributed by atoms with Crippen LogP contribution in [-0.2, 0) is 36.6 Å². The first-order chi connectivity index (χ1) is 16.7. The zero-order chi connectivity index (χ0) is 25.2. The predicted octanol–water partition coefficient (Wildman–Crippen LogP) is 1.26. The molecule has 182 valence electrons. The summed E-state index contributed by atoms with van der Waals surface area (Å²) in [6.45, 7) is 1.73. The molecule has 0 radical (unpaired) electrons. The largest absolute Gasteiger partial charge is 0.331 e. The quantitative estimate of drug-likeness (QED) is 0.501. The topological polar surface area (TPSA) is 84.6 Å². The van der Waals surface area contributed by atoms with E-state index < -0.39 is 10.0 Å². The van der Waals surface area contributed by atoms with E-state index in [1.165, 1.54) is 30.8 Å². The van der Waals surface area contributed by atoms with E-state index in [9.17, 15) is 18.0 Å². The lowest BCUT2D eigenvalue weighted by atomic mass is 10.1. The Morgan fingerprint density at radius 3 is 2.34 bits per heavy atom. The lowest BCUT2D eigenvalue weighted by molar-refractivity contribution is 0.275. The maximum absolute atomic E-state index is 13.3. The van der Waals surface area contributed by atoms with Crippen LogP contribution in [0.1, 0.15) is 22.4 Å². The number of hydrogen-bond acceptors (Lipinski definition) is 5. The third-order valence-corrected chi connectivity index (χ3v) is 8.00. The van der Waals surface area contributed by atoms with E-state index in [4.69, 9.17) is 0 Å². The number of hydrogen-bond donors (Lipinski definition) is 0. The van der Waals surface area contributed by atoms with Gasteiger partial charge in [-0.05, 0) is 29.8 Å². The highest BCUT2D eigenvalue weighted by atomic mass is 32.2. The summed E-state index contributed by atoms with van der Waals surface area (Å²) in [6.07, 6.45) is 0.598. The fraction of sp³-hybridized carbons (Fsp3) is 0.308. The molecule has 0 saturated heterocycles. The molecule has 0 spiro atoms. The van der Waals surface area contributed by atoms with E-state index in [0.29, 0.717) is 30.6 Å². The molecule has 0 N–H and O–H groups in total. The molecule has 3 aromatic rings. The number of benzene rings is 2. The van der Waals surface area contributed by atoms with Gasteiger partial charge in [-0.2, -0.15) is 0 Å². The summed E-state index contributed by atoms with van der Waals surface area (Å²) >= 11 is 0. The van der Waals surface area contributed by atoms with Crippen LogP contribution in [0.5, 0.6) is 0 Å². The van der Waals surface area contributed by atoms with Crippen molar-refractivity contribution in [2.75, 3.05) is 27.2 Å². The first-order valence-electron chi connectivity index (χ1n) is 11.3. The second-order valence-corrected chi connectivity index (χ2v) is 10.9. The molecule has 0 amide bonds. The van der Waals surface area contributed by atoms with E-state index in [0.717, 1.165) is 22.1 Å². The molecule has 1 aliphatic rings. The Morgan fingerprint density at radius 1 is 1.00 bits per heavy atom. The average Bonchev–Trinajstić information content (AvgIpc) is 2.86. The van der Waals surface area contributed by atoms with E-state index in [1.807, 2.05) is 30.3 Å². The zero-order valence-corrected chi connectivity index (χ0v) is 20.9. The highest BCUT2D eigenvalue weighted by Crippen LogP contribution is 2.16. The highest BCUT2D eigenvalue weighted by molar-refractivity contribution is 7.89. The molecule has 0 aliphatic carbocycles. The molecule has 0 atom stereocenters. The molecule has 9 heteroatoms. The number of fused-ring (bicyclic) bond motifs is 1. The van der Waals surface area contributed by atoms with Crippen molar-refractivity contribution in [2.24, 2.45) is 7.05 Å². The molecule has 4 rings (SSSR count). The number of sulfonamides is 1. The van der Waals surface area contributed by atoms with Gasteiger partial charge in [0.25, 0.3) is 5.56 Å². The van der Waals surface area contributed by atoms with Crippen molar-refractivity contribution in [1.29, 1.82) is 0 Å². The minimum atomic E-state index is -3.55. The molecule has 0 unspecified atom stereocenters.